The van der Waals surface area contributed by atoms with Crippen LogP contribution in [0.3, 0.4) is 0 Å². The number of hydrogen-bond donors (Lipinski definition) is 0. The van der Waals surface area contributed by atoms with Crippen molar-refractivity contribution in [1.29, 1.82) is 0 Å². The fraction of sp³-hybridized carbons (Fsp3) is 0.294. The summed E-state index contributed by atoms with van der Waals surface area (Å²) in [4.78, 5) is -0.352. The van der Waals surface area contributed by atoms with Crippen molar-refractivity contribution in [2.75, 3.05) is 19.8 Å². The third-order valence-corrected chi connectivity index (χ3v) is 5.93. The van der Waals surface area contributed by atoms with Gasteiger partial charge in [-0.15, -0.1) is 0 Å². The number of halogens is 3. The van der Waals surface area contributed by atoms with Crippen LogP contribution in [0.1, 0.15) is 11.6 Å². The maximum absolute atomic E-state index is 13.2. The first kappa shape index (κ1) is 18.7. The van der Waals surface area contributed by atoms with E-state index in [9.17, 15) is 21.6 Å². The largest absolute Gasteiger partial charge is 0.433 e. The van der Waals surface area contributed by atoms with Crippen LogP contribution < -0.4 is 4.74 Å². The van der Waals surface area contributed by atoms with E-state index in [1.807, 2.05) is 0 Å². The molecule has 0 aliphatic carbocycles. The maximum atomic E-state index is 13.2. The molecule has 1 fully saturated rings. The van der Waals surface area contributed by atoms with Crippen LogP contribution in [-0.4, -0.2) is 39.1 Å². The summed E-state index contributed by atoms with van der Waals surface area (Å²) in [5.74, 6) is -0.873. The molecule has 0 radical (unpaired) electrons. The Labute approximate surface area is 149 Å². The van der Waals surface area contributed by atoms with E-state index in [0.29, 0.717) is 5.56 Å². The van der Waals surface area contributed by atoms with Gasteiger partial charge in [0.1, 0.15) is 16.5 Å². The van der Waals surface area contributed by atoms with Gasteiger partial charge in [0.25, 0.3) is 0 Å². The minimum atomic E-state index is -4.14. The molecule has 0 bridgehead atoms. The van der Waals surface area contributed by atoms with Crippen LogP contribution in [0.5, 0.6) is 5.75 Å². The van der Waals surface area contributed by atoms with Gasteiger partial charge in [-0.25, -0.2) is 12.8 Å². The van der Waals surface area contributed by atoms with Gasteiger partial charge in [-0.2, -0.15) is 13.1 Å². The van der Waals surface area contributed by atoms with Crippen molar-refractivity contribution in [2.24, 2.45) is 0 Å². The van der Waals surface area contributed by atoms with E-state index in [-0.39, 0.29) is 24.7 Å². The third kappa shape index (κ3) is 3.84. The monoisotopic (exact) mass is 387 g/mol. The normalized spacial score (nSPS) is 18.8. The Morgan fingerprint density at radius 3 is 2.50 bits per heavy atom. The molecular weight excluding hydrogens is 371 g/mol. The Balaban J connectivity index is 2.00. The second kappa shape index (κ2) is 7.65. The summed E-state index contributed by atoms with van der Waals surface area (Å²) >= 11 is 0. The summed E-state index contributed by atoms with van der Waals surface area (Å²) in [7, 11) is -4.14. The van der Waals surface area contributed by atoms with E-state index in [1.54, 1.807) is 0 Å². The van der Waals surface area contributed by atoms with E-state index in [0.717, 1.165) is 4.31 Å². The number of morpholine rings is 1. The minimum Gasteiger partial charge on any atom is -0.433 e. The van der Waals surface area contributed by atoms with E-state index in [2.05, 4.69) is 4.74 Å². The molecule has 0 amide bonds. The number of nitrogens with zero attached hydrogens (tertiary/aromatic N) is 1. The van der Waals surface area contributed by atoms with Crippen LogP contribution in [0.4, 0.5) is 13.2 Å². The molecule has 2 aromatic rings. The number of ether oxygens (including phenoxy) is 2. The highest BCUT2D eigenvalue weighted by atomic mass is 32.2. The summed E-state index contributed by atoms with van der Waals surface area (Å²) in [6, 6.07) is 9.92. The van der Waals surface area contributed by atoms with Crippen molar-refractivity contribution in [2.45, 2.75) is 17.5 Å². The Hall–Kier alpha value is -2.10. The van der Waals surface area contributed by atoms with Crippen molar-refractivity contribution < 1.29 is 31.1 Å². The number of alkyl halides is 2. The fourth-order valence-electron chi connectivity index (χ4n) is 2.81. The SMILES string of the molecule is O=S(=O)(c1ccccc1OC(F)F)N1CCOCC1c1ccc(F)cc1. The van der Waals surface area contributed by atoms with Crippen LogP contribution in [0.2, 0.25) is 0 Å². The van der Waals surface area contributed by atoms with Gasteiger partial charge in [0.15, 0.2) is 0 Å². The highest BCUT2D eigenvalue weighted by Gasteiger charge is 2.37. The van der Waals surface area contributed by atoms with Crippen LogP contribution in [0.15, 0.2) is 53.4 Å². The number of hydrogen-bond acceptors (Lipinski definition) is 4. The van der Waals surface area contributed by atoms with Crippen molar-refractivity contribution >= 4 is 10.0 Å². The number of rotatable bonds is 5. The number of para-hydroxylation sites is 1. The highest BCUT2D eigenvalue weighted by Crippen LogP contribution is 2.34. The molecule has 3 rings (SSSR count). The summed E-state index contributed by atoms with van der Waals surface area (Å²) in [6.07, 6.45) is 0. The van der Waals surface area contributed by atoms with Crippen LogP contribution in [-0.2, 0) is 14.8 Å². The zero-order chi connectivity index (χ0) is 18.7. The first-order valence-electron chi connectivity index (χ1n) is 7.78. The maximum Gasteiger partial charge on any atom is 0.387 e. The minimum absolute atomic E-state index is 0.0351. The molecule has 9 heteroatoms. The Morgan fingerprint density at radius 2 is 1.81 bits per heavy atom. The van der Waals surface area contributed by atoms with E-state index >= 15 is 0 Å². The van der Waals surface area contributed by atoms with Crippen LogP contribution in [0, 0.1) is 5.82 Å². The third-order valence-electron chi connectivity index (χ3n) is 3.99. The molecule has 1 saturated heterocycles. The van der Waals surface area contributed by atoms with Crippen molar-refractivity contribution in [1.82, 2.24) is 4.31 Å². The lowest BCUT2D eigenvalue weighted by Gasteiger charge is -2.35. The molecule has 26 heavy (non-hydrogen) atoms. The number of benzene rings is 2. The van der Waals surface area contributed by atoms with Crippen LogP contribution >= 0.6 is 0 Å². The number of sulfonamides is 1. The van der Waals surface area contributed by atoms with E-state index in [1.165, 1.54) is 48.5 Å². The molecule has 2 aromatic carbocycles. The van der Waals surface area contributed by atoms with Gasteiger partial charge in [0.05, 0.1) is 19.3 Å². The predicted molar refractivity (Wildman–Crippen MR) is 86.9 cm³/mol. The van der Waals surface area contributed by atoms with E-state index in [4.69, 9.17) is 4.74 Å². The molecular formula is C17H16F3NO4S. The smallest absolute Gasteiger partial charge is 0.387 e. The molecule has 1 heterocycles. The molecule has 140 valence electrons. The zero-order valence-electron chi connectivity index (χ0n) is 13.5. The highest BCUT2D eigenvalue weighted by molar-refractivity contribution is 7.89. The second-order valence-corrected chi connectivity index (χ2v) is 7.44. The van der Waals surface area contributed by atoms with Gasteiger partial charge in [-0.3, -0.25) is 0 Å². The van der Waals surface area contributed by atoms with Crippen LogP contribution in [0.25, 0.3) is 0 Å². The van der Waals surface area contributed by atoms with Crippen molar-refractivity contribution in [3.8, 4) is 5.75 Å². The first-order valence-corrected chi connectivity index (χ1v) is 9.22. The molecule has 0 spiro atoms. The molecule has 1 unspecified atom stereocenters. The predicted octanol–water partition coefficient (Wildman–Crippen LogP) is 3.19. The van der Waals surface area contributed by atoms with Gasteiger partial charge in [-0.1, -0.05) is 24.3 Å². The van der Waals surface area contributed by atoms with Crippen molar-refractivity contribution in [3.63, 3.8) is 0 Å². The molecule has 0 N–H and O–H groups in total. The Bertz CT molecular complexity index is 859. The van der Waals surface area contributed by atoms with E-state index < -0.39 is 34.2 Å². The van der Waals surface area contributed by atoms with Crippen molar-refractivity contribution in [3.05, 3.63) is 59.9 Å². The topological polar surface area (TPSA) is 55.8 Å². The lowest BCUT2D eigenvalue weighted by Crippen LogP contribution is -2.43. The lowest BCUT2D eigenvalue weighted by molar-refractivity contribution is -0.0518. The fourth-order valence-corrected chi connectivity index (χ4v) is 4.51. The lowest BCUT2D eigenvalue weighted by atomic mass is 10.1. The standard InChI is InChI=1S/C17H16F3NO4S/c18-13-7-5-12(6-8-13)14-11-24-10-9-21(14)26(22,23)16-4-2-1-3-15(16)25-17(19)20/h1-8,14,17H,9-11H2. The first-order chi connectivity index (χ1) is 12.4. The second-order valence-electron chi connectivity index (χ2n) is 5.58. The summed E-state index contributed by atoms with van der Waals surface area (Å²) < 4.78 is 75.5. The molecule has 1 aliphatic heterocycles. The quantitative estimate of drug-likeness (QED) is 0.791. The van der Waals surface area contributed by atoms with Gasteiger partial charge >= 0.3 is 6.61 Å². The molecule has 0 aromatic heterocycles. The summed E-state index contributed by atoms with van der Waals surface area (Å²) in [5, 5.41) is 0. The zero-order valence-corrected chi connectivity index (χ0v) is 14.3. The molecule has 1 atom stereocenters. The van der Waals surface area contributed by atoms with Gasteiger partial charge in [-0.05, 0) is 29.8 Å². The Morgan fingerprint density at radius 1 is 1.12 bits per heavy atom. The molecule has 5 nitrogen and oxygen atoms in total. The average molecular weight is 387 g/mol. The van der Waals surface area contributed by atoms with Gasteiger partial charge < -0.3 is 9.47 Å². The summed E-state index contributed by atoms with van der Waals surface area (Å²) in [5.41, 5.74) is 0.543. The van der Waals surface area contributed by atoms with Gasteiger partial charge in [0, 0.05) is 6.54 Å². The summed E-state index contributed by atoms with van der Waals surface area (Å²) in [6.45, 7) is -2.88. The Kier molecular flexibility index (Phi) is 5.49. The van der Waals surface area contributed by atoms with Gasteiger partial charge in [0.2, 0.25) is 10.0 Å². The molecule has 1 aliphatic rings. The molecule has 0 saturated carbocycles. The average Bonchev–Trinajstić information content (AvgIpc) is 2.62.